The average Bonchev–Trinajstić information content (AvgIpc) is 2.90. The van der Waals surface area contributed by atoms with Crippen molar-refractivity contribution in [3.05, 3.63) is 64.3 Å². The van der Waals surface area contributed by atoms with Crippen LogP contribution in [0.5, 0.6) is 0 Å². The highest BCUT2D eigenvalue weighted by atomic mass is 16.4. The Labute approximate surface area is 108 Å². The molecule has 0 bridgehead atoms. The van der Waals surface area contributed by atoms with Crippen molar-refractivity contribution in [2.24, 2.45) is 0 Å². The summed E-state index contributed by atoms with van der Waals surface area (Å²) >= 11 is 0. The van der Waals surface area contributed by atoms with Crippen LogP contribution in [0, 0.1) is 0 Å². The first-order chi connectivity index (χ1) is 9.28. The number of fused-ring (bicyclic) bond motifs is 1. The number of rotatable bonds is 3. The van der Waals surface area contributed by atoms with Crippen molar-refractivity contribution in [2.45, 2.75) is 13.2 Å². The molecule has 3 aromatic rings. The molecule has 0 atom stereocenters. The summed E-state index contributed by atoms with van der Waals surface area (Å²) in [4.78, 5) is 11.7. The smallest absolute Gasteiger partial charge is 0.207 e. The summed E-state index contributed by atoms with van der Waals surface area (Å²) in [5, 5.41) is 13.7. The Morgan fingerprint density at radius 2 is 1.95 bits per heavy atom. The van der Waals surface area contributed by atoms with Gasteiger partial charge >= 0.3 is 0 Å². The summed E-state index contributed by atoms with van der Waals surface area (Å²) in [5.41, 5.74) is 0.666. The monoisotopic (exact) mass is 256 g/mol. The minimum absolute atomic E-state index is 0.0951. The van der Waals surface area contributed by atoms with E-state index in [-0.39, 0.29) is 12.0 Å². The molecule has 1 N–H and O–H groups in total. The fourth-order valence-electron chi connectivity index (χ4n) is 2.03. The fraction of sp³-hybridized carbons (Fsp3) is 0.143. The lowest BCUT2D eigenvalue weighted by Gasteiger charge is -2.07. The Kier molecular flexibility index (Phi) is 2.89. The third-order valence-corrected chi connectivity index (χ3v) is 2.94. The van der Waals surface area contributed by atoms with E-state index in [4.69, 9.17) is 9.52 Å². The number of aliphatic hydroxyl groups excluding tert-OH is 1. The number of benzene rings is 1. The largest absolute Gasteiger partial charge is 0.462 e. The maximum Gasteiger partial charge on any atom is 0.207 e. The Hall–Kier alpha value is -2.40. The molecule has 3 rings (SSSR count). The van der Waals surface area contributed by atoms with Crippen LogP contribution in [-0.2, 0) is 13.2 Å². The van der Waals surface area contributed by atoms with E-state index in [0.717, 1.165) is 5.52 Å². The van der Waals surface area contributed by atoms with Crippen molar-refractivity contribution < 1.29 is 9.52 Å². The first-order valence-electron chi connectivity index (χ1n) is 5.91. The number of aliphatic hydroxyl groups is 1. The van der Waals surface area contributed by atoms with Crippen LogP contribution in [0.3, 0.4) is 0 Å². The molecule has 0 unspecified atom stereocenters. The molecule has 5 nitrogen and oxygen atoms in total. The highest BCUT2D eigenvalue weighted by molar-refractivity contribution is 5.77. The molecular weight excluding hydrogens is 244 g/mol. The highest BCUT2D eigenvalue weighted by Crippen LogP contribution is 2.13. The third-order valence-electron chi connectivity index (χ3n) is 2.94. The quantitative estimate of drug-likeness (QED) is 0.771. The zero-order chi connectivity index (χ0) is 13.2. The minimum Gasteiger partial charge on any atom is -0.462 e. The maximum absolute atomic E-state index is 11.7. The van der Waals surface area contributed by atoms with Crippen LogP contribution >= 0.6 is 0 Å². The second kappa shape index (κ2) is 4.70. The van der Waals surface area contributed by atoms with E-state index in [2.05, 4.69) is 5.10 Å². The lowest BCUT2D eigenvalue weighted by atomic mass is 10.2. The Morgan fingerprint density at radius 1 is 1.16 bits per heavy atom. The van der Waals surface area contributed by atoms with Crippen molar-refractivity contribution >= 4 is 10.9 Å². The summed E-state index contributed by atoms with van der Waals surface area (Å²) in [6.07, 6.45) is 1.30. The van der Waals surface area contributed by atoms with Gasteiger partial charge in [-0.25, -0.2) is 0 Å². The van der Waals surface area contributed by atoms with E-state index < -0.39 is 0 Å². The lowest BCUT2D eigenvalue weighted by molar-refractivity contribution is 0.242. The Morgan fingerprint density at radius 3 is 2.74 bits per heavy atom. The second-order valence-electron chi connectivity index (χ2n) is 4.21. The standard InChI is InChI=1S/C14H12N2O3/c17-9-11-6-5-10(19-11)8-16-13-4-2-1-3-12(13)14(18)7-15-16/h1-7,17H,8-9H2. The van der Waals surface area contributed by atoms with E-state index >= 15 is 0 Å². The van der Waals surface area contributed by atoms with Gasteiger partial charge in [-0.15, -0.1) is 0 Å². The zero-order valence-corrected chi connectivity index (χ0v) is 10.1. The number of aromatic nitrogens is 2. The van der Waals surface area contributed by atoms with Gasteiger partial charge in [0.15, 0.2) is 0 Å². The second-order valence-corrected chi connectivity index (χ2v) is 4.21. The van der Waals surface area contributed by atoms with Crippen LogP contribution in [0.25, 0.3) is 10.9 Å². The first-order valence-corrected chi connectivity index (χ1v) is 5.91. The van der Waals surface area contributed by atoms with Crippen molar-refractivity contribution in [3.63, 3.8) is 0 Å². The zero-order valence-electron chi connectivity index (χ0n) is 10.1. The number of para-hydroxylation sites is 1. The molecule has 5 heteroatoms. The molecule has 0 aliphatic heterocycles. The summed E-state index contributed by atoms with van der Waals surface area (Å²) < 4.78 is 7.13. The molecule has 0 amide bonds. The topological polar surface area (TPSA) is 68.3 Å². The summed E-state index contributed by atoms with van der Waals surface area (Å²) in [6.45, 7) is 0.291. The van der Waals surface area contributed by atoms with Gasteiger partial charge in [-0.2, -0.15) is 5.10 Å². The molecule has 0 aliphatic rings. The van der Waals surface area contributed by atoms with E-state index in [1.165, 1.54) is 6.20 Å². The van der Waals surface area contributed by atoms with Crippen LogP contribution in [0.1, 0.15) is 11.5 Å². The number of hydrogen-bond acceptors (Lipinski definition) is 4. The van der Waals surface area contributed by atoms with Crippen molar-refractivity contribution in [1.29, 1.82) is 0 Å². The first kappa shape index (κ1) is 11.7. The van der Waals surface area contributed by atoms with Gasteiger partial charge in [0.25, 0.3) is 0 Å². The number of furan rings is 1. The molecule has 1 aromatic carbocycles. The molecular formula is C14H12N2O3. The molecule has 2 aromatic heterocycles. The van der Waals surface area contributed by atoms with Gasteiger partial charge in [0, 0.05) is 5.39 Å². The SMILES string of the molecule is O=c1cnn(Cc2ccc(CO)o2)c2ccccc12. The van der Waals surface area contributed by atoms with Crippen LogP contribution in [-0.4, -0.2) is 14.9 Å². The Balaban J connectivity index is 2.06. The van der Waals surface area contributed by atoms with Gasteiger partial charge < -0.3 is 9.52 Å². The molecule has 2 heterocycles. The predicted molar refractivity (Wildman–Crippen MR) is 69.7 cm³/mol. The van der Waals surface area contributed by atoms with Gasteiger partial charge in [-0.3, -0.25) is 9.48 Å². The van der Waals surface area contributed by atoms with Crippen molar-refractivity contribution in [3.8, 4) is 0 Å². The molecule has 96 valence electrons. The molecule has 0 spiro atoms. The number of hydrogen-bond donors (Lipinski definition) is 1. The normalized spacial score (nSPS) is 11.0. The molecule has 0 saturated carbocycles. The molecule has 0 fully saturated rings. The van der Waals surface area contributed by atoms with E-state index in [0.29, 0.717) is 23.5 Å². The molecule has 19 heavy (non-hydrogen) atoms. The van der Waals surface area contributed by atoms with Crippen LogP contribution < -0.4 is 5.43 Å². The van der Waals surface area contributed by atoms with Crippen LogP contribution in [0.2, 0.25) is 0 Å². The average molecular weight is 256 g/mol. The van der Waals surface area contributed by atoms with Gasteiger partial charge in [0.05, 0.1) is 18.3 Å². The van der Waals surface area contributed by atoms with Crippen molar-refractivity contribution in [1.82, 2.24) is 9.78 Å². The van der Waals surface area contributed by atoms with Gasteiger partial charge in [0.2, 0.25) is 5.43 Å². The van der Waals surface area contributed by atoms with E-state index in [9.17, 15) is 4.79 Å². The van der Waals surface area contributed by atoms with Gasteiger partial charge in [0.1, 0.15) is 18.1 Å². The lowest BCUT2D eigenvalue weighted by Crippen LogP contribution is -2.12. The minimum atomic E-state index is -0.127. The fourth-order valence-corrected chi connectivity index (χ4v) is 2.03. The van der Waals surface area contributed by atoms with Gasteiger partial charge in [-0.05, 0) is 24.3 Å². The number of nitrogens with zero attached hydrogens (tertiary/aromatic N) is 2. The highest BCUT2D eigenvalue weighted by Gasteiger charge is 2.06. The van der Waals surface area contributed by atoms with E-state index in [1.807, 2.05) is 18.2 Å². The summed E-state index contributed by atoms with van der Waals surface area (Å²) in [6, 6.07) is 10.8. The predicted octanol–water partition coefficient (Wildman–Crippen LogP) is 1.53. The van der Waals surface area contributed by atoms with Crippen molar-refractivity contribution in [2.75, 3.05) is 0 Å². The van der Waals surface area contributed by atoms with Crippen LogP contribution in [0.15, 0.2) is 51.8 Å². The molecule has 0 aliphatic carbocycles. The molecule has 0 saturated heterocycles. The van der Waals surface area contributed by atoms with E-state index in [1.54, 1.807) is 22.9 Å². The van der Waals surface area contributed by atoms with Gasteiger partial charge in [-0.1, -0.05) is 12.1 Å². The Bertz CT molecular complexity index is 773. The molecule has 0 radical (unpaired) electrons. The summed E-state index contributed by atoms with van der Waals surface area (Å²) in [5.74, 6) is 1.20. The summed E-state index contributed by atoms with van der Waals surface area (Å²) in [7, 11) is 0. The van der Waals surface area contributed by atoms with Crippen LogP contribution in [0.4, 0.5) is 0 Å². The third kappa shape index (κ3) is 2.15. The maximum atomic E-state index is 11.7.